The third kappa shape index (κ3) is 7.32. The van der Waals surface area contributed by atoms with E-state index in [2.05, 4.69) is 39.9 Å². The fraction of sp³-hybridized carbons (Fsp3) is 0.867. The van der Waals surface area contributed by atoms with Crippen LogP contribution in [0.1, 0.15) is 33.6 Å². The highest BCUT2D eigenvalue weighted by atomic mass is 16.2. The third-order valence-corrected chi connectivity index (χ3v) is 3.46. The van der Waals surface area contributed by atoms with Gasteiger partial charge in [-0.25, -0.2) is 0 Å². The molecule has 0 aliphatic heterocycles. The summed E-state index contributed by atoms with van der Waals surface area (Å²) in [6, 6.07) is 0.520. The fourth-order valence-corrected chi connectivity index (χ4v) is 2.30. The van der Waals surface area contributed by atoms with Crippen molar-refractivity contribution < 1.29 is 4.79 Å². The van der Waals surface area contributed by atoms with Gasteiger partial charge < -0.3 is 20.9 Å². The van der Waals surface area contributed by atoms with Gasteiger partial charge in [-0.2, -0.15) is 0 Å². The van der Waals surface area contributed by atoms with E-state index in [9.17, 15) is 4.79 Å². The Kier molecular flexibility index (Phi) is 6.45. The highest BCUT2D eigenvalue weighted by Crippen LogP contribution is 2.34. The van der Waals surface area contributed by atoms with Gasteiger partial charge in [-0.1, -0.05) is 0 Å². The first-order valence-electron chi connectivity index (χ1n) is 7.65. The standard InChI is InChI=1S/C15H31N5O/c1-15(2,3)19-13(21)10-18-14(16-4)17-9-12(20(5)6)11-7-8-11/h11-12H,7-10H2,1-6H3,(H,19,21)(H2,16,17,18). The molecule has 122 valence electrons. The van der Waals surface area contributed by atoms with Gasteiger partial charge in [-0.15, -0.1) is 0 Å². The number of likely N-dealkylation sites (N-methyl/N-ethyl adjacent to an activating group) is 1. The number of carbonyl (C=O) groups is 1. The molecule has 6 nitrogen and oxygen atoms in total. The van der Waals surface area contributed by atoms with Gasteiger partial charge in [0.2, 0.25) is 5.91 Å². The summed E-state index contributed by atoms with van der Waals surface area (Å²) < 4.78 is 0. The first kappa shape index (κ1) is 17.8. The van der Waals surface area contributed by atoms with E-state index in [1.165, 1.54) is 12.8 Å². The second-order valence-corrected chi connectivity index (χ2v) is 6.97. The summed E-state index contributed by atoms with van der Waals surface area (Å²) in [6.45, 7) is 6.98. The summed E-state index contributed by atoms with van der Waals surface area (Å²) in [5.74, 6) is 1.43. The van der Waals surface area contributed by atoms with Crippen LogP contribution in [0.15, 0.2) is 4.99 Å². The molecular weight excluding hydrogens is 266 g/mol. The maximum absolute atomic E-state index is 11.8. The Morgan fingerprint density at radius 1 is 1.29 bits per heavy atom. The molecule has 6 heteroatoms. The molecule has 0 bridgehead atoms. The van der Waals surface area contributed by atoms with Crippen molar-refractivity contribution in [2.45, 2.75) is 45.2 Å². The van der Waals surface area contributed by atoms with Crippen molar-refractivity contribution in [1.82, 2.24) is 20.9 Å². The number of hydrogen-bond acceptors (Lipinski definition) is 3. The molecule has 1 unspecified atom stereocenters. The molecule has 0 aromatic carbocycles. The van der Waals surface area contributed by atoms with Crippen molar-refractivity contribution >= 4 is 11.9 Å². The van der Waals surface area contributed by atoms with Crippen molar-refractivity contribution in [3.8, 4) is 0 Å². The van der Waals surface area contributed by atoms with Crippen LogP contribution < -0.4 is 16.0 Å². The average molecular weight is 297 g/mol. The number of amides is 1. The molecule has 0 heterocycles. The number of hydrogen-bond donors (Lipinski definition) is 3. The van der Waals surface area contributed by atoms with E-state index < -0.39 is 0 Å². The van der Waals surface area contributed by atoms with Gasteiger partial charge in [0.1, 0.15) is 0 Å². The lowest BCUT2D eigenvalue weighted by atomic mass is 10.1. The van der Waals surface area contributed by atoms with E-state index in [1.54, 1.807) is 7.05 Å². The van der Waals surface area contributed by atoms with E-state index in [1.807, 2.05) is 20.8 Å². The minimum atomic E-state index is -0.211. The molecule has 0 aromatic rings. The minimum absolute atomic E-state index is 0.0307. The normalized spacial score (nSPS) is 17.6. The molecule has 1 amide bonds. The van der Waals surface area contributed by atoms with Crippen LogP contribution in [0.4, 0.5) is 0 Å². The molecule has 1 aliphatic carbocycles. The SMILES string of the molecule is CN=C(NCC(=O)NC(C)(C)C)NCC(C1CC1)N(C)C. The van der Waals surface area contributed by atoms with E-state index in [4.69, 9.17) is 0 Å². The van der Waals surface area contributed by atoms with Crippen molar-refractivity contribution in [1.29, 1.82) is 0 Å². The van der Waals surface area contributed by atoms with E-state index >= 15 is 0 Å². The number of guanidine groups is 1. The van der Waals surface area contributed by atoms with Crippen LogP contribution in [-0.2, 0) is 4.79 Å². The molecule has 0 aromatic heterocycles. The Labute approximate surface area is 128 Å². The lowest BCUT2D eigenvalue weighted by Crippen LogP contribution is -2.50. The van der Waals surface area contributed by atoms with Gasteiger partial charge in [0.05, 0.1) is 6.54 Å². The van der Waals surface area contributed by atoms with E-state index in [0.717, 1.165) is 12.5 Å². The monoisotopic (exact) mass is 297 g/mol. The van der Waals surface area contributed by atoms with Gasteiger partial charge in [-0.05, 0) is 53.6 Å². The van der Waals surface area contributed by atoms with Crippen molar-refractivity contribution in [3.63, 3.8) is 0 Å². The Balaban J connectivity index is 2.33. The lowest BCUT2D eigenvalue weighted by molar-refractivity contribution is -0.121. The quantitative estimate of drug-likeness (QED) is 0.490. The zero-order chi connectivity index (χ0) is 16.0. The maximum Gasteiger partial charge on any atom is 0.239 e. The van der Waals surface area contributed by atoms with Gasteiger partial charge in [0.25, 0.3) is 0 Å². The zero-order valence-corrected chi connectivity index (χ0v) is 14.3. The van der Waals surface area contributed by atoms with Gasteiger partial charge in [-0.3, -0.25) is 9.79 Å². The number of nitrogens with one attached hydrogen (secondary N) is 3. The summed E-state index contributed by atoms with van der Waals surface area (Å²) in [7, 11) is 5.94. The number of carbonyl (C=O) groups excluding carboxylic acids is 1. The summed E-state index contributed by atoms with van der Waals surface area (Å²) >= 11 is 0. The van der Waals surface area contributed by atoms with Crippen LogP contribution in [0.3, 0.4) is 0 Å². The van der Waals surface area contributed by atoms with Crippen molar-refractivity contribution in [3.05, 3.63) is 0 Å². The van der Waals surface area contributed by atoms with Crippen LogP contribution in [-0.4, -0.2) is 62.6 Å². The van der Waals surface area contributed by atoms with Crippen LogP contribution >= 0.6 is 0 Å². The molecule has 1 atom stereocenters. The van der Waals surface area contributed by atoms with Crippen LogP contribution in [0.5, 0.6) is 0 Å². The van der Waals surface area contributed by atoms with Crippen LogP contribution in [0.2, 0.25) is 0 Å². The predicted octanol–water partition coefficient (Wildman–Crippen LogP) is 0.406. The Morgan fingerprint density at radius 2 is 1.90 bits per heavy atom. The number of nitrogens with zero attached hydrogens (tertiary/aromatic N) is 2. The fourth-order valence-electron chi connectivity index (χ4n) is 2.30. The second-order valence-electron chi connectivity index (χ2n) is 6.97. The second kappa shape index (κ2) is 7.64. The van der Waals surface area contributed by atoms with Gasteiger partial charge in [0, 0.05) is 25.2 Å². The smallest absolute Gasteiger partial charge is 0.239 e. The molecular formula is C15H31N5O. The predicted molar refractivity (Wildman–Crippen MR) is 87.5 cm³/mol. The average Bonchev–Trinajstić information content (AvgIpc) is 3.15. The zero-order valence-electron chi connectivity index (χ0n) is 14.3. The highest BCUT2D eigenvalue weighted by molar-refractivity contribution is 5.86. The van der Waals surface area contributed by atoms with Crippen LogP contribution in [0, 0.1) is 5.92 Å². The van der Waals surface area contributed by atoms with Gasteiger partial charge >= 0.3 is 0 Å². The Bertz CT molecular complexity index is 367. The molecule has 3 N–H and O–H groups in total. The van der Waals surface area contributed by atoms with Crippen LogP contribution in [0.25, 0.3) is 0 Å². The Morgan fingerprint density at radius 3 is 2.33 bits per heavy atom. The topological polar surface area (TPSA) is 68.8 Å². The van der Waals surface area contributed by atoms with E-state index in [-0.39, 0.29) is 18.0 Å². The summed E-state index contributed by atoms with van der Waals surface area (Å²) in [5.41, 5.74) is -0.211. The largest absolute Gasteiger partial charge is 0.355 e. The van der Waals surface area contributed by atoms with Gasteiger partial charge in [0.15, 0.2) is 5.96 Å². The molecule has 1 rings (SSSR count). The number of rotatable bonds is 6. The summed E-state index contributed by atoms with van der Waals surface area (Å²) in [6.07, 6.45) is 2.62. The van der Waals surface area contributed by atoms with E-state index in [0.29, 0.717) is 12.0 Å². The molecule has 0 spiro atoms. The first-order chi connectivity index (χ1) is 9.73. The maximum atomic E-state index is 11.8. The lowest BCUT2D eigenvalue weighted by Gasteiger charge is -2.25. The highest BCUT2D eigenvalue weighted by Gasteiger charge is 2.32. The minimum Gasteiger partial charge on any atom is -0.355 e. The molecule has 0 radical (unpaired) electrons. The third-order valence-electron chi connectivity index (χ3n) is 3.46. The molecule has 21 heavy (non-hydrogen) atoms. The summed E-state index contributed by atoms with van der Waals surface area (Å²) in [5, 5.41) is 9.28. The molecule has 1 fully saturated rings. The van der Waals surface area contributed by atoms with Crippen molar-refractivity contribution in [2.24, 2.45) is 10.9 Å². The molecule has 1 saturated carbocycles. The molecule has 1 aliphatic rings. The summed E-state index contributed by atoms with van der Waals surface area (Å²) in [4.78, 5) is 18.2. The first-order valence-corrected chi connectivity index (χ1v) is 7.65. The molecule has 0 saturated heterocycles. The van der Waals surface area contributed by atoms with Crippen molar-refractivity contribution in [2.75, 3.05) is 34.2 Å². The Hall–Kier alpha value is -1.30. The number of aliphatic imine (C=N–C) groups is 1.